The molecule has 5 heteroatoms. The van der Waals surface area contributed by atoms with Gasteiger partial charge in [-0.25, -0.2) is 0 Å². The molecule has 2 aromatic carbocycles. The van der Waals surface area contributed by atoms with Gasteiger partial charge in [0.1, 0.15) is 6.04 Å². The first-order chi connectivity index (χ1) is 12.5. The van der Waals surface area contributed by atoms with Crippen LogP contribution in [0.2, 0.25) is 0 Å². The van der Waals surface area contributed by atoms with E-state index in [4.69, 9.17) is 5.11 Å². The lowest BCUT2D eigenvalue weighted by Crippen LogP contribution is -2.50. The highest BCUT2D eigenvalue weighted by atomic mass is 16.4. The molecule has 5 nitrogen and oxygen atoms in total. The molecule has 0 radical (unpaired) electrons. The summed E-state index contributed by atoms with van der Waals surface area (Å²) in [5.74, 6) is -1.16. The van der Waals surface area contributed by atoms with Gasteiger partial charge < -0.3 is 10.4 Å². The Morgan fingerprint density at radius 3 is 2.12 bits per heavy atom. The summed E-state index contributed by atoms with van der Waals surface area (Å²) in [4.78, 5) is 23.9. The van der Waals surface area contributed by atoms with Crippen LogP contribution < -0.4 is 10.6 Å². The summed E-state index contributed by atoms with van der Waals surface area (Å²) >= 11 is 0. The van der Waals surface area contributed by atoms with Gasteiger partial charge in [0, 0.05) is 0 Å². The minimum atomic E-state index is -0.974. The first-order valence-corrected chi connectivity index (χ1v) is 8.85. The summed E-state index contributed by atoms with van der Waals surface area (Å²) in [6.07, 6.45) is 1.22. The maximum absolute atomic E-state index is 12.7. The van der Waals surface area contributed by atoms with Crippen LogP contribution in [0.3, 0.4) is 0 Å². The average molecular weight is 354 g/mol. The van der Waals surface area contributed by atoms with Crippen molar-refractivity contribution >= 4 is 11.9 Å². The van der Waals surface area contributed by atoms with Crippen molar-refractivity contribution in [3.63, 3.8) is 0 Å². The molecule has 0 fully saturated rings. The van der Waals surface area contributed by atoms with Crippen LogP contribution in [0, 0.1) is 0 Å². The van der Waals surface area contributed by atoms with E-state index in [1.54, 1.807) is 6.92 Å². The third kappa shape index (κ3) is 6.01. The molecule has 0 heterocycles. The highest BCUT2D eigenvalue weighted by Gasteiger charge is 2.24. The van der Waals surface area contributed by atoms with Crippen LogP contribution in [0.5, 0.6) is 0 Å². The molecule has 138 valence electrons. The maximum atomic E-state index is 12.7. The molecule has 1 amide bonds. The minimum Gasteiger partial charge on any atom is -0.480 e. The Hall–Kier alpha value is -2.66. The highest BCUT2D eigenvalue weighted by Crippen LogP contribution is 2.13. The van der Waals surface area contributed by atoms with Crippen molar-refractivity contribution in [1.29, 1.82) is 0 Å². The smallest absolute Gasteiger partial charge is 0.320 e. The predicted octanol–water partition coefficient (Wildman–Crippen LogP) is 2.93. The molecule has 0 bridgehead atoms. The number of carboxylic acids is 1. The van der Waals surface area contributed by atoms with Crippen molar-refractivity contribution in [2.75, 3.05) is 0 Å². The first-order valence-electron chi connectivity index (χ1n) is 8.85. The van der Waals surface area contributed by atoms with E-state index in [0.717, 1.165) is 11.1 Å². The Bertz CT molecular complexity index is 704. The summed E-state index contributed by atoms with van der Waals surface area (Å²) in [6.45, 7) is 3.47. The summed E-state index contributed by atoms with van der Waals surface area (Å²) < 4.78 is 0. The zero-order chi connectivity index (χ0) is 18.9. The monoisotopic (exact) mass is 354 g/mol. The SMILES string of the molecule is CC(NC(CCc1ccccc1)C(=O)NC(C)c1ccccc1)C(=O)O. The van der Waals surface area contributed by atoms with Crippen LogP contribution in [0.4, 0.5) is 0 Å². The van der Waals surface area contributed by atoms with Crippen LogP contribution in [0.25, 0.3) is 0 Å². The normalized spacial score (nSPS) is 14.2. The first kappa shape index (κ1) is 19.7. The molecule has 0 aromatic heterocycles. The number of nitrogens with one attached hydrogen (secondary N) is 2. The van der Waals surface area contributed by atoms with Crippen LogP contribution in [0.1, 0.15) is 37.4 Å². The van der Waals surface area contributed by atoms with Crippen LogP contribution in [-0.4, -0.2) is 29.1 Å². The largest absolute Gasteiger partial charge is 0.480 e. The number of benzene rings is 2. The van der Waals surface area contributed by atoms with Crippen molar-refractivity contribution < 1.29 is 14.7 Å². The molecular formula is C21H26N2O3. The van der Waals surface area contributed by atoms with E-state index >= 15 is 0 Å². The van der Waals surface area contributed by atoms with Crippen molar-refractivity contribution in [2.45, 2.75) is 44.8 Å². The Kier molecular flexibility index (Phi) is 7.36. The molecule has 0 saturated carbocycles. The third-order valence-corrected chi connectivity index (χ3v) is 4.36. The zero-order valence-electron chi connectivity index (χ0n) is 15.2. The van der Waals surface area contributed by atoms with Gasteiger partial charge in [-0.1, -0.05) is 60.7 Å². The molecule has 3 atom stereocenters. The topological polar surface area (TPSA) is 78.4 Å². The second-order valence-electron chi connectivity index (χ2n) is 6.44. The molecule has 0 spiro atoms. The van der Waals surface area contributed by atoms with Crippen LogP contribution in [-0.2, 0) is 16.0 Å². The number of rotatable bonds is 9. The second kappa shape index (κ2) is 9.73. The Morgan fingerprint density at radius 2 is 1.54 bits per heavy atom. The van der Waals surface area contributed by atoms with Gasteiger partial charge in [0.05, 0.1) is 12.1 Å². The number of hydrogen-bond acceptors (Lipinski definition) is 3. The fourth-order valence-corrected chi connectivity index (χ4v) is 2.76. The minimum absolute atomic E-state index is 0.148. The Labute approximate surface area is 154 Å². The van der Waals surface area contributed by atoms with Gasteiger partial charge in [0.2, 0.25) is 5.91 Å². The van der Waals surface area contributed by atoms with Crippen molar-refractivity contribution in [3.8, 4) is 0 Å². The number of aryl methyl sites for hydroxylation is 1. The van der Waals surface area contributed by atoms with Gasteiger partial charge in [-0.15, -0.1) is 0 Å². The molecule has 0 aliphatic rings. The number of carbonyl (C=O) groups excluding carboxylic acids is 1. The molecule has 3 N–H and O–H groups in total. The summed E-state index contributed by atoms with van der Waals surface area (Å²) in [6, 6.07) is 18.0. The number of carboxylic acid groups (broad SMARTS) is 1. The van der Waals surface area contributed by atoms with Gasteiger partial charge in [-0.3, -0.25) is 14.9 Å². The van der Waals surface area contributed by atoms with E-state index in [2.05, 4.69) is 10.6 Å². The molecule has 0 aliphatic carbocycles. The summed E-state index contributed by atoms with van der Waals surface area (Å²) in [7, 11) is 0. The number of hydrogen-bond donors (Lipinski definition) is 3. The van der Waals surface area contributed by atoms with Crippen molar-refractivity contribution in [2.24, 2.45) is 0 Å². The molecular weight excluding hydrogens is 328 g/mol. The van der Waals surface area contributed by atoms with Crippen molar-refractivity contribution in [3.05, 3.63) is 71.8 Å². The van der Waals surface area contributed by atoms with Crippen LogP contribution in [0.15, 0.2) is 60.7 Å². The molecule has 0 aliphatic heterocycles. The standard InChI is InChI=1S/C21H26N2O3/c1-15(18-11-7-4-8-12-18)23-20(24)19(22-16(2)21(25)26)14-13-17-9-5-3-6-10-17/h3-12,15-16,19,22H,13-14H2,1-2H3,(H,23,24)(H,25,26). The second-order valence-corrected chi connectivity index (χ2v) is 6.44. The van der Waals surface area contributed by atoms with E-state index in [1.165, 1.54) is 0 Å². The fourth-order valence-electron chi connectivity index (χ4n) is 2.76. The summed E-state index contributed by atoms with van der Waals surface area (Å²) in [5.41, 5.74) is 2.13. The lowest BCUT2D eigenvalue weighted by atomic mass is 10.0. The van der Waals surface area contributed by atoms with Gasteiger partial charge >= 0.3 is 5.97 Å². The Morgan fingerprint density at radius 1 is 0.962 bits per heavy atom. The van der Waals surface area contributed by atoms with Gasteiger partial charge in [0.15, 0.2) is 0 Å². The molecule has 2 aromatic rings. The summed E-state index contributed by atoms with van der Waals surface area (Å²) in [5, 5.41) is 15.1. The van der Waals surface area contributed by atoms with Crippen molar-refractivity contribution in [1.82, 2.24) is 10.6 Å². The third-order valence-electron chi connectivity index (χ3n) is 4.36. The molecule has 2 rings (SSSR count). The van der Waals surface area contributed by atoms with Gasteiger partial charge in [0.25, 0.3) is 0 Å². The zero-order valence-corrected chi connectivity index (χ0v) is 15.2. The van der Waals surface area contributed by atoms with Crippen LogP contribution >= 0.6 is 0 Å². The van der Waals surface area contributed by atoms with E-state index in [1.807, 2.05) is 67.6 Å². The van der Waals surface area contributed by atoms with E-state index in [9.17, 15) is 9.59 Å². The van der Waals surface area contributed by atoms with E-state index in [0.29, 0.717) is 12.8 Å². The quantitative estimate of drug-likeness (QED) is 0.647. The highest BCUT2D eigenvalue weighted by molar-refractivity contribution is 5.83. The van der Waals surface area contributed by atoms with Gasteiger partial charge in [-0.05, 0) is 37.8 Å². The maximum Gasteiger partial charge on any atom is 0.320 e. The number of aliphatic carboxylic acids is 1. The molecule has 3 unspecified atom stereocenters. The van der Waals surface area contributed by atoms with E-state index in [-0.39, 0.29) is 11.9 Å². The lowest BCUT2D eigenvalue weighted by molar-refractivity contribution is -0.139. The fraction of sp³-hybridized carbons (Fsp3) is 0.333. The predicted molar refractivity (Wildman–Crippen MR) is 102 cm³/mol. The molecule has 0 saturated heterocycles. The Balaban J connectivity index is 2.03. The number of carbonyl (C=O) groups is 2. The van der Waals surface area contributed by atoms with E-state index < -0.39 is 18.1 Å². The lowest BCUT2D eigenvalue weighted by Gasteiger charge is -2.23. The van der Waals surface area contributed by atoms with Gasteiger partial charge in [-0.2, -0.15) is 0 Å². The molecule has 26 heavy (non-hydrogen) atoms. The average Bonchev–Trinajstić information content (AvgIpc) is 2.66. The number of amides is 1.